The van der Waals surface area contributed by atoms with Gasteiger partial charge in [-0.15, -0.1) is 0 Å². The van der Waals surface area contributed by atoms with Crippen LogP contribution < -0.4 is 5.73 Å². The van der Waals surface area contributed by atoms with E-state index in [0.717, 1.165) is 17.8 Å². The largest absolute Gasteiger partial charge is 0.368 e. The van der Waals surface area contributed by atoms with Gasteiger partial charge in [0.1, 0.15) is 0 Å². The highest BCUT2D eigenvalue weighted by Gasteiger charge is 1.95. The number of nitrogens with two attached hydrogens (primary N) is 1. The zero-order chi connectivity index (χ0) is 17.7. The summed E-state index contributed by atoms with van der Waals surface area (Å²) in [6.45, 7) is 12.4. The van der Waals surface area contributed by atoms with Gasteiger partial charge in [0.2, 0.25) is 5.95 Å². The van der Waals surface area contributed by atoms with Crippen LogP contribution in [0.4, 0.5) is 5.95 Å². The number of rotatable bonds is 4. The van der Waals surface area contributed by atoms with Crippen LogP contribution in [-0.2, 0) is 12.8 Å². The van der Waals surface area contributed by atoms with Crippen molar-refractivity contribution in [1.82, 2.24) is 9.97 Å². The summed E-state index contributed by atoms with van der Waals surface area (Å²) in [4.78, 5) is 7.97. The van der Waals surface area contributed by atoms with Crippen molar-refractivity contribution in [2.75, 3.05) is 5.73 Å². The molecule has 0 saturated heterocycles. The van der Waals surface area contributed by atoms with Crippen LogP contribution in [0.3, 0.4) is 0 Å². The number of unbranched alkanes of at least 4 members (excludes halogenated alkanes) is 1. The van der Waals surface area contributed by atoms with E-state index >= 15 is 0 Å². The summed E-state index contributed by atoms with van der Waals surface area (Å²) in [5.74, 6) is 0.372. The summed E-state index contributed by atoms with van der Waals surface area (Å²) < 4.78 is 0. The number of anilines is 1. The SMILES string of the molecule is CC.CCCCc1ccccc1C.CCc1cc(C)nc(N)n1. The number of hydrogen-bond acceptors (Lipinski definition) is 3. The maximum absolute atomic E-state index is 5.41. The maximum atomic E-state index is 5.41. The van der Waals surface area contributed by atoms with Crippen LogP contribution in [0, 0.1) is 13.8 Å². The van der Waals surface area contributed by atoms with E-state index in [2.05, 4.69) is 48.1 Å². The molecule has 0 radical (unpaired) electrons. The van der Waals surface area contributed by atoms with E-state index in [1.807, 2.05) is 33.8 Å². The Labute approximate surface area is 142 Å². The van der Waals surface area contributed by atoms with Gasteiger partial charge in [-0.1, -0.05) is 58.4 Å². The predicted octanol–water partition coefficient (Wildman–Crippen LogP) is 5.29. The molecular formula is C20H33N3. The third-order valence-corrected chi connectivity index (χ3v) is 3.35. The quantitative estimate of drug-likeness (QED) is 0.833. The van der Waals surface area contributed by atoms with Gasteiger partial charge in [0.15, 0.2) is 0 Å². The lowest BCUT2D eigenvalue weighted by Crippen LogP contribution is -1.99. The van der Waals surface area contributed by atoms with E-state index in [1.54, 1.807) is 0 Å². The molecule has 2 rings (SSSR count). The summed E-state index contributed by atoms with van der Waals surface area (Å²) in [5, 5.41) is 0. The topological polar surface area (TPSA) is 51.8 Å². The van der Waals surface area contributed by atoms with Crippen molar-refractivity contribution < 1.29 is 0 Å². The van der Waals surface area contributed by atoms with Crippen molar-refractivity contribution in [3.63, 3.8) is 0 Å². The van der Waals surface area contributed by atoms with Crippen LogP contribution in [0.15, 0.2) is 30.3 Å². The Morgan fingerprint density at radius 2 is 1.65 bits per heavy atom. The van der Waals surface area contributed by atoms with Gasteiger partial charge in [-0.05, 0) is 50.3 Å². The number of hydrogen-bond donors (Lipinski definition) is 1. The highest BCUT2D eigenvalue weighted by molar-refractivity contribution is 5.25. The lowest BCUT2D eigenvalue weighted by Gasteiger charge is -2.02. The molecule has 1 aromatic heterocycles. The van der Waals surface area contributed by atoms with Crippen LogP contribution in [0.25, 0.3) is 0 Å². The van der Waals surface area contributed by atoms with Gasteiger partial charge in [-0.2, -0.15) is 0 Å². The molecule has 128 valence electrons. The molecule has 1 aromatic carbocycles. The van der Waals surface area contributed by atoms with Crippen LogP contribution in [-0.4, -0.2) is 9.97 Å². The molecule has 23 heavy (non-hydrogen) atoms. The second-order valence-corrected chi connectivity index (χ2v) is 5.24. The molecule has 2 N–H and O–H groups in total. The van der Waals surface area contributed by atoms with Crippen molar-refractivity contribution in [2.45, 2.75) is 67.2 Å². The van der Waals surface area contributed by atoms with Crippen LogP contribution >= 0.6 is 0 Å². The summed E-state index contributed by atoms with van der Waals surface area (Å²) in [5.41, 5.74) is 10.3. The maximum Gasteiger partial charge on any atom is 0.220 e. The molecule has 2 aromatic rings. The molecule has 0 aliphatic heterocycles. The second-order valence-electron chi connectivity index (χ2n) is 5.24. The number of aromatic nitrogens is 2. The highest BCUT2D eigenvalue weighted by Crippen LogP contribution is 2.09. The second kappa shape index (κ2) is 12.6. The standard InChI is InChI=1S/C11H16.C7H11N3.C2H6/c1-3-4-8-11-9-6-5-7-10(11)2;1-3-6-4-5(2)9-7(8)10-6;1-2/h5-7,9H,3-4,8H2,1-2H3;4H,3H2,1-2H3,(H2,8,9,10);1-2H3. The first kappa shape index (κ1) is 21.1. The van der Waals surface area contributed by atoms with Gasteiger partial charge in [0.05, 0.1) is 0 Å². The zero-order valence-electron chi connectivity index (χ0n) is 15.7. The van der Waals surface area contributed by atoms with Crippen molar-refractivity contribution >= 4 is 5.95 Å². The van der Waals surface area contributed by atoms with Crippen LogP contribution in [0.5, 0.6) is 0 Å². The molecule has 1 heterocycles. The van der Waals surface area contributed by atoms with E-state index in [9.17, 15) is 0 Å². The lowest BCUT2D eigenvalue weighted by atomic mass is 10.0. The summed E-state index contributed by atoms with van der Waals surface area (Å²) in [7, 11) is 0. The zero-order valence-corrected chi connectivity index (χ0v) is 15.7. The van der Waals surface area contributed by atoms with Crippen LogP contribution in [0.1, 0.15) is 63.1 Å². The first-order valence-electron chi connectivity index (χ1n) is 8.71. The third kappa shape index (κ3) is 8.97. The first-order valence-corrected chi connectivity index (χ1v) is 8.71. The average molecular weight is 316 g/mol. The summed E-state index contributed by atoms with van der Waals surface area (Å²) in [6, 6.07) is 10.6. The van der Waals surface area contributed by atoms with Crippen molar-refractivity contribution in [3.8, 4) is 0 Å². The number of nitrogens with zero attached hydrogens (tertiary/aromatic N) is 2. The van der Waals surface area contributed by atoms with E-state index in [1.165, 1.54) is 30.4 Å². The number of nitrogen functional groups attached to an aromatic ring is 1. The molecular weight excluding hydrogens is 282 g/mol. The molecule has 0 aliphatic rings. The molecule has 0 amide bonds. The van der Waals surface area contributed by atoms with Crippen molar-refractivity contribution in [2.24, 2.45) is 0 Å². The van der Waals surface area contributed by atoms with Gasteiger partial charge >= 0.3 is 0 Å². The fourth-order valence-electron chi connectivity index (χ4n) is 2.10. The van der Waals surface area contributed by atoms with Crippen LogP contribution in [0.2, 0.25) is 0 Å². The minimum atomic E-state index is 0.372. The summed E-state index contributed by atoms with van der Waals surface area (Å²) in [6.07, 6.45) is 4.75. The summed E-state index contributed by atoms with van der Waals surface area (Å²) >= 11 is 0. The molecule has 0 spiro atoms. The Hall–Kier alpha value is -1.90. The minimum Gasteiger partial charge on any atom is -0.368 e. The van der Waals surface area contributed by atoms with Crippen molar-refractivity contribution in [3.05, 3.63) is 52.8 Å². The molecule has 0 bridgehead atoms. The van der Waals surface area contributed by atoms with Crippen molar-refractivity contribution in [1.29, 1.82) is 0 Å². The van der Waals surface area contributed by atoms with Gasteiger partial charge in [-0.3, -0.25) is 0 Å². The van der Waals surface area contributed by atoms with Gasteiger partial charge < -0.3 is 5.73 Å². The third-order valence-electron chi connectivity index (χ3n) is 3.35. The Morgan fingerprint density at radius 1 is 1.00 bits per heavy atom. The smallest absolute Gasteiger partial charge is 0.220 e. The Morgan fingerprint density at radius 3 is 2.17 bits per heavy atom. The number of benzene rings is 1. The Kier molecular flexibility index (Phi) is 11.6. The predicted molar refractivity (Wildman–Crippen MR) is 102 cm³/mol. The van der Waals surface area contributed by atoms with E-state index < -0.39 is 0 Å². The molecule has 0 unspecified atom stereocenters. The monoisotopic (exact) mass is 315 g/mol. The molecule has 3 nitrogen and oxygen atoms in total. The Balaban J connectivity index is 0.000000381. The highest BCUT2D eigenvalue weighted by atomic mass is 15.0. The van der Waals surface area contributed by atoms with Gasteiger partial charge in [0.25, 0.3) is 0 Å². The Bertz CT molecular complexity index is 530. The molecule has 0 saturated carbocycles. The van der Waals surface area contributed by atoms with E-state index in [-0.39, 0.29) is 0 Å². The van der Waals surface area contributed by atoms with Gasteiger partial charge in [-0.25, -0.2) is 9.97 Å². The fourth-order valence-corrected chi connectivity index (χ4v) is 2.10. The van der Waals surface area contributed by atoms with E-state index in [4.69, 9.17) is 5.73 Å². The lowest BCUT2D eigenvalue weighted by molar-refractivity contribution is 0.791. The fraction of sp³-hybridized carbons (Fsp3) is 0.500. The molecule has 0 atom stereocenters. The molecule has 0 fully saturated rings. The average Bonchev–Trinajstić information content (AvgIpc) is 2.55. The first-order chi connectivity index (χ1) is 11.1. The van der Waals surface area contributed by atoms with E-state index in [0.29, 0.717) is 5.95 Å². The number of aryl methyl sites for hydroxylation is 4. The molecule has 0 aliphatic carbocycles. The molecule has 3 heteroatoms. The normalized spacial score (nSPS) is 9.30. The van der Waals surface area contributed by atoms with Gasteiger partial charge in [0, 0.05) is 11.4 Å². The minimum absolute atomic E-state index is 0.372.